The maximum absolute atomic E-state index is 14.8. The molecular weight excluding hydrogens is 396 g/mol. The van der Waals surface area contributed by atoms with E-state index >= 15 is 0 Å². The van der Waals surface area contributed by atoms with Crippen LogP contribution in [-0.2, 0) is 17.9 Å². The predicted molar refractivity (Wildman–Crippen MR) is 116 cm³/mol. The lowest BCUT2D eigenvalue weighted by atomic mass is 9.83. The Balaban J connectivity index is 1.64. The van der Waals surface area contributed by atoms with E-state index in [0.717, 1.165) is 35.0 Å². The van der Waals surface area contributed by atoms with Gasteiger partial charge in [0, 0.05) is 23.2 Å². The highest BCUT2D eigenvalue weighted by Crippen LogP contribution is 2.49. The number of pyridine rings is 1. The van der Waals surface area contributed by atoms with E-state index in [-0.39, 0.29) is 5.56 Å². The van der Waals surface area contributed by atoms with Crippen LogP contribution in [0.4, 0.5) is 14.6 Å². The van der Waals surface area contributed by atoms with Crippen LogP contribution in [0.3, 0.4) is 0 Å². The summed E-state index contributed by atoms with van der Waals surface area (Å²) in [5.41, 5.74) is 1.33. The Labute approximate surface area is 180 Å². The Hall–Kier alpha value is -3.14. The molecule has 1 aromatic carbocycles. The second-order valence-electron chi connectivity index (χ2n) is 9.29. The summed E-state index contributed by atoms with van der Waals surface area (Å²) >= 11 is 0. The van der Waals surface area contributed by atoms with Gasteiger partial charge in [0.15, 0.2) is 5.65 Å². The van der Waals surface area contributed by atoms with Gasteiger partial charge in [-0.15, -0.1) is 0 Å². The van der Waals surface area contributed by atoms with Crippen molar-refractivity contribution < 1.29 is 8.78 Å². The van der Waals surface area contributed by atoms with Crippen molar-refractivity contribution in [2.24, 2.45) is 5.41 Å². The molecule has 0 atom stereocenters. The molecule has 0 radical (unpaired) electrons. The fourth-order valence-corrected chi connectivity index (χ4v) is 3.76. The molecule has 2 aromatic heterocycles. The number of aromatic nitrogens is 3. The van der Waals surface area contributed by atoms with Gasteiger partial charge < -0.3 is 5.32 Å². The van der Waals surface area contributed by atoms with E-state index < -0.39 is 16.8 Å². The van der Waals surface area contributed by atoms with Gasteiger partial charge >= 0.3 is 0 Å². The third-order valence-corrected chi connectivity index (χ3v) is 5.99. The molecule has 5 nitrogen and oxygen atoms in total. The molecule has 7 heteroatoms. The van der Waals surface area contributed by atoms with Crippen molar-refractivity contribution in [1.82, 2.24) is 15.0 Å². The van der Waals surface area contributed by atoms with Gasteiger partial charge in [-0.1, -0.05) is 39.0 Å². The van der Waals surface area contributed by atoms with Gasteiger partial charge in [-0.25, -0.2) is 23.7 Å². The Kier molecular flexibility index (Phi) is 4.92. The minimum absolute atomic E-state index is 0.00359. The fourth-order valence-electron chi connectivity index (χ4n) is 3.76. The highest BCUT2D eigenvalue weighted by Gasteiger charge is 2.46. The standard InChI is InChI=1S/C24H25F2N5/c1-15-19(23(13-27)8-9-23)11-18-20(29-14-30-21(18)31-15)28-12-16-6-5-7-17(10-16)24(25,26)22(2,3)4/h5-7,10-11,14H,8-9,12H2,1-4H3,(H,28,29,30,31). The molecular formula is C24H25F2N5. The number of hydrogen-bond acceptors (Lipinski definition) is 5. The number of anilines is 1. The third-order valence-electron chi connectivity index (χ3n) is 5.99. The average Bonchev–Trinajstić information content (AvgIpc) is 3.52. The Morgan fingerprint density at radius 3 is 2.55 bits per heavy atom. The lowest BCUT2D eigenvalue weighted by Gasteiger charge is -2.31. The minimum atomic E-state index is -2.95. The average molecular weight is 421 g/mol. The van der Waals surface area contributed by atoms with Gasteiger partial charge in [-0.3, -0.25) is 0 Å². The molecule has 3 aromatic rings. The first-order valence-electron chi connectivity index (χ1n) is 10.3. The summed E-state index contributed by atoms with van der Waals surface area (Å²) in [5, 5.41) is 13.6. The smallest absolute Gasteiger partial charge is 0.277 e. The van der Waals surface area contributed by atoms with Gasteiger partial charge in [-0.05, 0) is 43.0 Å². The third kappa shape index (κ3) is 3.71. The van der Waals surface area contributed by atoms with Crippen molar-refractivity contribution in [2.45, 2.75) is 58.4 Å². The summed E-state index contributed by atoms with van der Waals surface area (Å²) in [4.78, 5) is 13.2. The molecule has 160 valence electrons. The molecule has 1 fully saturated rings. The predicted octanol–water partition coefficient (Wildman–Crippen LogP) is 5.64. The zero-order chi connectivity index (χ0) is 22.4. The molecule has 1 aliphatic rings. The normalized spacial score (nSPS) is 15.5. The number of aryl methyl sites for hydroxylation is 1. The van der Waals surface area contributed by atoms with Crippen molar-refractivity contribution in [3.05, 3.63) is 59.0 Å². The first-order chi connectivity index (χ1) is 14.6. The first-order valence-corrected chi connectivity index (χ1v) is 10.3. The molecule has 0 aliphatic heterocycles. The summed E-state index contributed by atoms with van der Waals surface area (Å²) in [5.74, 6) is -2.38. The molecule has 0 bridgehead atoms. The number of hydrogen-bond donors (Lipinski definition) is 1. The number of nitriles is 1. The first kappa shape index (κ1) is 21.1. The number of halogens is 2. The largest absolute Gasteiger partial charge is 0.365 e. The zero-order valence-electron chi connectivity index (χ0n) is 18.1. The molecule has 2 heterocycles. The van der Waals surface area contributed by atoms with Crippen LogP contribution in [0.5, 0.6) is 0 Å². The summed E-state index contributed by atoms with van der Waals surface area (Å²) in [6, 6.07) is 10.8. The van der Waals surface area contributed by atoms with Crippen LogP contribution in [0.15, 0.2) is 36.7 Å². The Morgan fingerprint density at radius 1 is 1.16 bits per heavy atom. The van der Waals surface area contributed by atoms with Crippen LogP contribution in [0.2, 0.25) is 0 Å². The van der Waals surface area contributed by atoms with E-state index in [2.05, 4.69) is 26.3 Å². The zero-order valence-corrected chi connectivity index (χ0v) is 18.1. The monoisotopic (exact) mass is 421 g/mol. The van der Waals surface area contributed by atoms with E-state index in [4.69, 9.17) is 0 Å². The van der Waals surface area contributed by atoms with Gasteiger partial charge in [0.25, 0.3) is 5.92 Å². The minimum Gasteiger partial charge on any atom is -0.365 e. The quantitative estimate of drug-likeness (QED) is 0.577. The van der Waals surface area contributed by atoms with Crippen molar-refractivity contribution in [3.63, 3.8) is 0 Å². The van der Waals surface area contributed by atoms with Gasteiger partial charge in [0.2, 0.25) is 0 Å². The summed E-state index contributed by atoms with van der Waals surface area (Å²) < 4.78 is 29.5. The number of alkyl halides is 2. The second-order valence-corrected chi connectivity index (χ2v) is 9.29. The van der Waals surface area contributed by atoms with Gasteiger partial charge in [0.1, 0.15) is 12.1 Å². The molecule has 1 N–H and O–H groups in total. The van der Waals surface area contributed by atoms with Crippen LogP contribution >= 0.6 is 0 Å². The molecule has 0 saturated heterocycles. The maximum Gasteiger partial charge on any atom is 0.277 e. The van der Waals surface area contributed by atoms with Crippen LogP contribution in [0.1, 0.15) is 56.0 Å². The molecule has 0 amide bonds. The van der Waals surface area contributed by atoms with Crippen molar-refractivity contribution in [3.8, 4) is 6.07 Å². The highest BCUT2D eigenvalue weighted by molar-refractivity contribution is 5.87. The van der Waals surface area contributed by atoms with E-state index in [1.807, 2.05) is 13.0 Å². The highest BCUT2D eigenvalue weighted by atomic mass is 19.3. The Bertz CT molecular complexity index is 1190. The molecule has 31 heavy (non-hydrogen) atoms. The summed E-state index contributed by atoms with van der Waals surface area (Å²) in [7, 11) is 0. The van der Waals surface area contributed by atoms with Gasteiger partial charge in [-0.2, -0.15) is 5.26 Å². The number of rotatable bonds is 5. The van der Waals surface area contributed by atoms with E-state index in [0.29, 0.717) is 18.0 Å². The Morgan fingerprint density at radius 2 is 1.90 bits per heavy atom. The number of benzene rings is 1. The van der Waals surface area contributed by atoms with Crippen LogP contribution in [0.25, 0.3) is 11.0 Å². The summed E-state index contributed by atoms with van der Waals surface area (Å²) in [6.45, 7) is 6.82. The van der Waals surface area contributed by atoms with Crippen molar-refractivity contribution in [1.29, 1.82) is 5.26 Å². The van der Waals surface area contributed by atoms with Crippen LogP contribution < -0.4 is 5.32 Å². The lowest BCUT2D eigenvalue weighted by molar-refractivity contribution is -0.104. The van der Waals surface area contributed by atoms with Crippen molar-refractivity contribution in [2.75, 3.05) is 5.32 Å². The topological polar surface area (TPSA) is 74.5 Å². The number of nitrogens with one attached hydrogen (secondary N) is 1. The summed E-state index contributed by atoms with van der Waals surface area (Å²) in [6.07, 6.45) is 3.07. The van der Waals surface area contributed by atoms with E-state index in [1.54, 1.807) is 12.1 Å². The molecule has 0 spiro atoms. The van der Waals surface area contributed by atoms with Crippen LogP contribution in [0, 0.1) is 23.7 Å². The molecule has 4 rings (SSSR count). The van der Waals surface area contributed by atoms with E-state index in [9.17, 15) is 14.0 Å². The maximum atomic E-state index is 14.8. The fraction of sp³-hybridized carbons (Fsp3) is 0.417. The van der Waals surface area contributed by atoms with Crippen LogP contribution in [-0.4, -0.2) is 15.0 Å². The molecule has 1 saturated carbocycles. The molecule has 1 aliphatic carbocycles. The second kappa shape index (κ2) is 7.23. The SMILES string of the molecule is Cc1nc2ncnc(NCc3cccc(C(F)(F)C(C)(C)C)c3)c2cc1C1(C#N)CC1. The lowest BCUT2D eigenvalue weighted by Crippen LogP contribution is -2.31. The van der Waals surface area contributed by atoms with Crippen molar-refractivity contribution >= 4 is 16.9 Å². The number of nitrogens with zero attached hydrogens (tertiary/aromatic N) is 4. The van der Waals surface area contributed by atoms with Gasteiger partial charge in [0.05, 0.1) is 16.9 Å². The molecule has 0 unspecified atom stereocenters. The number of fused-ring (bicyclic) bond motifs is 1. The van der Waals surface area contributed by atoms with E-state index in [1.165, 1.54) is 39.2 Å².